The predicted octanol–water partition coefficient (Wildman–Crippen LogP) is 3.31. The number of amides is 1. The van der Waals surface area contributed by atoms with E-state index in [-0.39, 0.29) is 17.0 Å². The number of benzene rings is 1. The molecule has 0 aromatic heterocycles. The summed E-state index contributed by atoms with van der Waals surface area (Å²) in [7, 11) is 1.33. The Bertz CT molecular complexity index is 515. The molecule has 1 amide bonds. The Kier molecular flexibility index (Phi) is 5.74. The van der Waals surface area contributed by atoms with E-state index in [1.807, 2.05) is 0 Å². The zero-order valence-electron chi connectivity index (χ0n) is 10.2. The molecule has 110 valence electrons. The van der Waals surface area contributed by atoms with Crippen LogP contribution < -0.4 is 10.1 Å². The molecule has 0 saturated carbocycles. The highest BCUT2D eigenvalue weighted by atomic mass is 35.6. The molecule has 6 nitrogen and oxygen atoms in total. The van der Waals surface area contributed by atoms with E-state index in [0.29, 0.717) is 0 Å². The summed E-state index contributed by atoms with van der Waals surface area (Å²) < 4.78 is 7.86. The van der Waals surface area contributed by atoms with Gasteiger partial charge in [-0.2, -0.15) is 0 Å². The van der Waals surface area contributed by atoms with Crippen LogP contribution in [0.1, 0.15) is 10.4 Å². The van der Waals surface area contributed by atoms with Gasteiger partial charge >= 0.3 is 12.1 Å². The third-order valence-electron chi connectivity index (χ3n) is 2.07. The molecule has 0 radical (unpaired) electrons. The number of hydrogen-bond donors (Lipinski definition) is 2. The van der Waals surface area contributed by atoms with E-state index in [2.05, 4.69) is 10.1 Å². The third kappa shape index (κ3) is 4.96. The first-order valence-corrected chi connectivity index (χ1v) is 6.29. The largest absolute Gasteiger partial charge is 0.495 e. The van der Waals surface area contributed by atoms with Crippen LogP contribution in [0.3, 0.4) is 0 Å². The molecule has 0 unspecified atom stereocenters. The van der Waals surface area contributed by atoms with Crippen molar-refractivity contribution < 1.29 is 24.2 Å². The molecule has 0 atom stereocenters. The minimum Gasteiger partial charge on any atom is -0.495 e. The lowest BCUT2D eigenvalue weighted by molar-refractivity contribution is 0.0697. The molecular formula is C11H10Cl3NO5. The fraction of sp³-hybridized carbons (Fsp3) is 0.273. The Labute approximate surface area is 129 Å². The van der Waals surface area contributed by atoms with Gasteiger partial charge in [-0.1, -0.05) is 40.9 Å². The first-order chi connectivity index (χ1) is 9.24. The molecule has 0 spiro atoms. The van der Waals surface area contributed by atoms with Gasteiger partial charge in [-0.15, -0.1) is 0 Å². The number of ether oxygens (including phenoxy) is 2. The van der Waals surface area contributed by atoms with Crippen LogP contribution in [0.2, 0.25) is 0 Å². The molecule has 0 saturated heterocycles. The smallest absolute Gasteiger partial charge is 0.411 e. The van der Waals surface area contributed by atoms with Crippen LogP contribution in [0.25, 0.3) is 0 Å². The van der Waals surface area contributed by atoms with E-state index in [1.54, 1.807) is 0 Å². The van der Waals surface area contributed by atoms with Crippen molar-refractivity contribution >= 4 is 52.6 Å². The number of halogens is 3. The zero-order chi connectivity index (χ0) is 15.3. The van der Waals surface area contributed by atoms with Crippen LogP contribution in [0.4, 0.5) is 10.5 Å². The van der Waals surface area contributed by atoms with E-state index in [0.717, 1.165) is 0 Å². The van der Waals surface area contributed by atoms with Crippen molar-refractivity contribution in [3.8, 4) is 5.75 Å². The van der Waals surface area contributed by atoms with Crippen molar-refractivity contribution in [3.05, 3.63) is 23.8 Å². The van der Waals surface area contributed by atoms with Gasteiger partial charge < -0.3 is 14.6 Å². The number of carbonyl (C=O) groups is 2. The molecule has 0 bridgehead atoms. The number of nitrogens with one attached hydrogen (secondary N) is 1. The fourth-order valence-corrected chi connectivity index (χ4v) is 1.46. The molecule has 20 heavy (non-hydrogen) atoms. The number of carbonyl (C=O) groups excluding carboxylic acids is 1. The maximum absolute atomic E-state index is 11.5. The molecule has 0 aliphatic heterocycles. The average Bonchev–Trinajstić information content (AvgIpc) is 2.35. The van der Waals surface area contributed by atoms with Gasteiger partial charge in [0.2, 0.25) is 3.79 Å². The summed E-state index contributed by atoms with van der Waals surface area (Å²) in [5, 5.41) is 11.3. The summed E-state index contributed by atoms with van der Waals surface area (Å²) >= 11 is 16.3. The predicted molar refractivity (Wildman–Crippen MR) is 75.2 cm³/mol. The summed E-state index contributed by atoms with van der Waals surface area (Å²) in [6, 6.07) is 4.26. The number of hydrogen-bond acceptors (Lipinski definition) is 4. The Morgan fingerprint density at radius 2 is 2.00 bits per heavy atom. The van der Waals surface area contributed by atoms with Crippen molar-refractivity contribution in [3.63, 3.8) is 0 Å². The first-order valence-electron chi connectivity index (χ1n) is 5.15. The minimum atomic E-state index is -1.76. The number of para-hydroxylation sites is 1. The van der Waals surface area contributed by atoms with Gasteiger partial charge in [0.15, 0.2) is 0 Å². The van der Waals surface area contributed by atoms with Crippen LogP contribution >= 0.6 is 34.8 Å². The van der Waals surface area contributed by atoms with Crippen molar-refractivity contribution in [1.82, 2.24) is 0 Å². The molecule has 0 aliphatic rings. The van der Waals surface area contributed by atoms with Crippen LogP contribution in [0, 0.1) is 0 Å². The number of rotatable bonds is 4. The number of anilines is 1. The maximum atomic E-state index is 11.5. The van der Waals surface area contributed by atoms with Gasteiger partial charge in [0.1, 0.15) is 18.0 Å². The number of carboxylic acids is 1. The number of methoxy groups -OCH3 is 1. The van der Waals surface area contributed by atoms with E-state index in [1.165, 1.54) is 25.3 Å². The topological polar surface area (TPSA) is 84.9 Å². The first kappa shape index (κ1) is 16.7. The second kappa shape index (κ2) is 6.88. The third-order valence-corrected chi connectivity index (χ3v) is 2.40. The molecule has 0 heterocycles. The quantitative estimate of drug-likeness (QED) is 0.820. The lowest BCUT2D eigenvalue weighted by atomic mass is 10.1. The van der Waals surface area contributed by atoms with Crippen LogP contribution in [-0.4, -0.2) is 34.7 Å². The van der Waals surface area contributed by atoms with Crippen LogP contribution in [0.5, 0.6) is 5.75 Å². The molecular weight excluding hydrogens is 332 g/mol. The van der Waals surface area contributed by atoms with Crippen LogP contribution in [-0.2, 0) is 4.74 Å². The van der Waals surface area contributed by atoms with Gasteiger partial charge in [-0.25, -0.2) is 9.59 Å². The van der Waals surface area contributed by atoms with Gasteiger partial charge in [0.25, 0.3) is 0 Å². The molecule has 0 fully saturated rings. The lowest BCUT2D eigenvalue weighted by Gasteiger charge is -2.15. The SMILES string of the molecule is COc1cccc(C(=O)O)c1NC(=O)OCC(Cl)(Cl)Cl. The summed E-state index contributed by atoms with van der Waals surface area (Å²) in [5.74, 6) is -1.07. The summed E-state index contributed by atoms with van der Waals surface area (Å²) in [5.41, 5.74) is -0.202. The molecule has 0 aliphatic carbocycles. The molecule has 9 heteroatoms. The highest BCUT2D eigenvalue weighted by Gasteiger charge is 2.23. The number of carboxylic acid groups (broad SMARTS) is 1. The lowest BCUT2D eigenvalue weighted by Crippen LogP contribution is -2.22. The normalized spacial score (nSPS) is 10.8. The minimum absolute atomic E-state index is 0.0446. The Morgan fingerprint density at radius 3 is 2.50 bits per heavy atom. The molecule has 2 N–H and O–H groups in total. The number of aromatic carboxylic acids is 1. The highest BCUT2D eigenvalue weighted by Crippen LogP contribution is 2.29. The second-order valence-electron chi connectivity index (χ2n) is 3.50. The summed E-state index contributed by atoms with van der Waals surface area (Å²) in [6.45, 7) is -0.485. The van der Waals surface area contributed by atoms with Crippen molar-refractivity contribution in [1.29, 1.82) is 0 Å². The van der Waals surface area contributed by atoms with Gasteiger partial charge in [-0.3, -0.25) is 5.32 Å². The van der Waals surface area contributed by atoms with Crippen LogP contribution in [0.15, 0.2) is 18.2 Å². The highest BCUT2D eigenvalue weighted by molar-refractivity contribution is 6.67. The maximum Gasteiger partial charge on any atom is 0.411 e. The van der Waals surface area contributed by atoms with Crippen molar-refractivity contribution in [2.75, 3.05) is 19.0 Å². The van der Waals surface area contributed by atoms with E-state index < -0.39 is 22.5 Å². The van der Waals surface area contributed by atoms with Crippen molar-refractivity contribution in [2.24, 2.45) is 0 Å². The standard InChI is InChI=1S/C11H10Cl3NO5/c1-19-7-4-2-3-6(9(16)17)8(7)15-10(18)20-5-11(12,13)14/h2-4H,5H2,1H3,(H,15,18)(H,16,17). The van der Waals surface area contributed by atoms with Crippen molar-refractivity contribution in [2.45, 2.75) is 3.79 Å². The molecule has 1 aromatic carbocycles. The van der Waals surface area contributed by atoms with Gasteiger partial charge in [-0.05, 0) is 12.1 Å². The number of alkyl halides is 3. The summed E-state index contributed by atoms with van der Waals surface area (Å²) in [4.78, 5) is 22.6. The van der Waals surface area contributed by atoms with E-state index >= 15 is 0 Å². The Balaban J connectivity index is 2.90. The van der Waals surface area contributed by atoms with Gasteiger partial charge in [0.05, 0.1) is 12.7 Å². The molecule has 1 rings (SSSR count). The molecule has 1 aromatic rings. The monoisotopic (exact) mass is 341 g/mol. The zero-order valence-corrected chi connectivity index (χ0v) is 12.4. The van der Waals surface area contributed by atoms with E-state index in [4.69, 9.17) is 44.6 Å². The Morgan fingerprint density at radius 1 is 1.35 bits per heavy atom. The second-order valence-corrected chi connectivity index (χ2v) is 6.02. The van der Waals surface area contributed by atoms with Gasteiger partial charge in [0, 0.05) is 0 Å². The average molecular weight is 343 g/mol. The summed E-state index contributed by atoms with van der Waals surface area (Å²) in [6.07, 6.45) is -0.969. The van der Waals surface area contributed by atoms with E-state index in [9.17, 15) is 9.59 Å². The Hall–Kier alpha value is -1.37. The fourth-order valence-electron chi connectivity index (χ4n) is 1.29.